The molecule has 1 saturated carbocycles. The van der Waals surface area contributed by atoms with Crippen molar-refractivity contribution < 1.29 is 18.0 Å². The van der Waals surface area contributed by atoms with Crippen LogP contribution in [0.25, 0.3) is 0 Å². The largest absolute Gasteiger partial charge is 0.352 e. The van der Waals surface area contributed by atoms with Gasteiger partial charge in [-0.2, -0.15) is 0 Å². The number of halogens is 2. The maximum atomic E-state index is 14.2. The molecule has 0 unspecified atom stereocenters. The Morgan fingerprint density at radius 3 is 2.21 bits per heavy atom. The molecular weight excluding hydrogens is 593 g/mol. The smallest absolute Gasteiger partial charge is 0.264 e. The highest BCUT2D eigenvalue weighted by Crippen LogP contribution is 2.29. The van der Waals surface area contributed by atoms with Crippen molar-refractivity contribution in [2.24, 2.45) is 0 Å². The maximum absolute atomic E-state index is 14.2. The van der Waals surface area contributed by atoms with Crippen LogP contribution in [-0.4, -0.2) is 43.8 Å². The first-order valence-corrected chi connectivity index (χ1v) is 16.3. The fourth-order valence-corrected chi connectivity index (χ4v) is 7.09. The summed E-state index contributed by atoms with van der Waals surface area (Å²) in [7, 11) is -4.15. The molecule has 224 valence electrons. The first-order valence-electron chi connectivity index (χ1n) is 14.1. The fourth-order valence-electron chi connectivity index (χ4n) is 5.15. The number of sulfonamides is 1. The Labute approximate surface area is 258 Å². The highest BCUT2D eigenvalue weighted by Gasteiger charge is 2.34. The number of hydrogen-bond donors (Lipinski definition) is 1. The minimum atomic E-state index is -4.15. The zero-order valence-corrected chi connectivity index (χ0v) is 26.7. The number of amides is 2. The number of benzene rings is 3. The van der Waals surface area contributed by atoms with E-state index in [2.05, 4.69) is 5.32 Å². The molecular formula is C32H37Cl2N3O4S. The van der Waals surface area contributed by atoms with Crippen molar-refractivity contribution in [1.29, 1.82) is 0 Å². The van der Waals surface area contributed by atoms with Crippen LogP contribution >= 0.6 is 23.2 Å². The molecule has 10 heteroatoms. The molecule has 3 aromatic carbocycles. The van der Waals surface area contributed by atoms with Gasteiger partial charge in [-0.1, -0.05) is 71.9 Å². The van der Waals surface area contributed by atoms with Gasteiger partial charge in [0, 0.05) is 22.6 Å². The van der Waals surface area contributed by atoms with Gasteiger partial charge in [0.1, 0.15) is 12.6 Å². The van der Waals surface area contributed by atoms with Crippen LogP contribution in [0.15, 0.2) is 65.6 Å². The Hall–Kier alpha value is -3.07. The summed E-state index contributed by atoms with van der Waals surface area (Å²) < 4.78 is 29.3. The predicted octanol–water partition coefficient (Wildman–Crippen LogP) is 6.59. The molecule has 0 aliphatic heterocycles. The predicted molar refractivity (Wildman–Crippen MR) is 168 cm³/mol. The van der Waals surface area contributed by atoms with Crippen LogP contribution < -0.4 is 9.62 Å². The van der Waals surface area contributed by atoms with Crippen LogP contribution in [0.4, 0.5) is 5.69 Å². The summed E-state index contributed by atoms with van der Waals surface area (Å²) in [6.45, 7) is 6.69. The van der Waals surface area contributed by atoms with Gasteiger partial charge in [-0.25, -0.2) is 8.42 Å². The standard InChI is InChI=1S/C32H37Cl2N3O4S/c1-21-10-15-28(16-11-21)42(40,41)37(30-17-22(2)9-12-23(30)3)20-31(38)36(19-25-13-14-26(33)18-29(25)34)24(4)32(39)35-27-7-5-6-8-27/h9-18,24,27H,5-8,19-20H2,1-4H3,(H,35,39)/t24-/m0/s1. The molecule has 1 atom stereocenters. The summed E-state index contributed by atoms with van der Waals surface area (Å²) in [6.07, 6.45) is 3.88. The topological polar surface area (TPSA) is 86.8 Å². The number of nitrogens with one attached hydrogen (secondary N) is 1. The number of hydrogen-bond acceptors (Lipinski definition) is 4. The van der Waals surface area contributed by atoms with Crippen molar-refractivity contribution in [2.75, 3.05) is 10.8 Å². The van der Waals surface area contributed by atoms with Crippen LogP contribution in [0.2, 0.25) is 10.0 Å². The third kappa shape index (κ3) is 7.46. The lowest BCUT2D eigenvalue weighted by molar-refractivity contribution is -0.139. The molecule has 0 radical (unpaired) electrons. The molecule has 7 nitrogen and oxygen atoms in total. The molecule has 0 saturated heterocycles. The number of aryl methyl sites for hydroxylation is 3. The van der Waals surface area contributed by atoms with Crippen LogP contribution in [0, 0.1) is 20.8 Å². The van der Waals surface area contributed by atoms with Crippen molar-refractivity contribution in [1.82, 2.24) is 10.2 Å². The summed E-state index contributed by atoms with van der Waals surface area (Å²) in [5.41, 5.74) is 3.45. The van der Waals surface area contributed by atoms with Crippen molar-refractivity contribution in [3.05, 3.63) is 93.0 Å². The zero-order valence-electron chi connectivity index (χ0n) is 24.4. The summed E-state index contributed by atoms with van der Waals surface area (Å²) >= 11 is 12.6. The summed E-state index contributed by atoms with van der Waals surface area (Å²) in [4.78, 5) is 29.0. The summed E-state index contributed by atoms with van der Waals surface area (Å²) in [5.74, 6) is -0.827. The van der Waals surface area contributed by atoms with E-state index in [1.807, 2.05) is 26.0 Å². The highest BCUT2D eigenvalue weighted by molar-refractivity contribution is 7.92. The molecule has 1 aliphatic rings. The molecule has 1 N–H and O–H groups in total. The van der Waals surface area contributed by atoms with E-state index in [0.717, 1.165) is 41.1 Å². The monoisotopic (exact) mass is 629 g/mol. The van der Waals surface area contributed by atoms with Gasteiger partial charge in [0.15, 0.2) is 0 Å². The molecule has 42 heavy (non-hydrogen) atoms. The average Bonchev–Trinajstić information content (AvgIpc) is 3.45. The van der Waals surface area contributed by atoms with Gasteiger partial charge < -0.3 is 10.2 Å². The number of rotatable bonds is 10. The van der Waals surface area contributed by atoms with E-state index in [1.165, 1.54) is 17.0 Å². The van der Waals surface area contributed by atoms with Crippen molar-refractivity contribution in [3.63, 3.8) is 0 Å². The molecule has 1 aliphatic carbocycles. The average molecular weight is 631 g/mol. The van der Waals surface area contributed by atoms with Crippen LogP contribution in [0.3, 0.4) is 0 Å². The van der Waals surface area contributed by atoms with Crippen LogP contribution in [-0.2, 0) is 26.2 Å². The Kier molecular flexibility index (Phi) is 10.2. The molecule has 0 aromatic heterocycles. The number of anilines is 1. The number of nitrogens with zero attached hydrogens (tertiary/aromatic N) is 2. The molecule has 0 bridgehead atoms. The van der Waals surface area contributed by atoms with Crippen molar-refractivity contribution in [3.8, 4) is 0 Å². The Morgan fingerprint density at radius 2 is 1.57 bits per heavy atom. The molecule has 1 fully saturated rings. The fraction of sp³-hybridized carbons (Fsp3) is 0.375. The zero-order chi connectivity index (χ0) is 30.6. The van der Waals surface area contributed by atoms with E-state index in [0.29, 0.717) is 26.9 Å². The van der Waals surface area contributed by atoms with Gasteiger partial charge in [-0.15, -0.1) is 0 Å². The Bertz CT molecular complexity index is 1550. The quantitative estimate of drug-likeness (QED) is 0.274. The lowest BCUT2D eigenvalue weighted by Crippen LogP contribution is -2.52. The summed E-state index contributed by atoms with van der Waals surface area (Å²) in [6, 6.07) is 16.1. The first-order chi connectivity index (χ1) is 19.9. The molecule has 2 amide bonds. The van der Waals surface area contributed by atoms with E-state index < -0.39 is 28.5 Å². The lowest BCUT2D eigenvalue weighted by Gasteiger charge is -2.33. The Morgan fingerprint density at radius 1 is 0.929 bits per heavy atom. The van der Waals surface area contributed by atoms with Gasteiger partial charge >= 0.3 is 0 Å². The lowest BCUT2D eigenvalue weighted by atomic mass is 10.1. The molecule has 4 rings (SSSR count). The van der Waals surface area contributed by atoms with Gasteiger partial charge in [0.2, 0.25) is 11.8 Å². The van der Waals surface area contributed by atoms with E-state index in [4.69, 9.17) is 23.2 Å². The van der Waals surface area contributed by atoms with E-state index >= 15 is 0 Å². The van der Waals surface area contributed by atoms with Crippen LogP contribution in [0.1, 0.15) is 54.9 Å². The number of carbonyl (C=O) groups is 2. The third-order valence-corrected chi connectivity index (χ3v) is 10.1. The van der Waals surface area contributed by atoms with E-state index in [-0.39, 0.29) is 23.4 Å². The van der Waals surface area contributed by atoms with Gasteiger partial charge in [-0.3, -0.25) is 13.9 Å². The molecule has 3 aromatic rings. The second-order valence-electron chi connectivity index (χ2n) is 11.0. The van der Waals surface area contributed by atoms with Crippen molar-refractivity contribution >= 4 is 50.7 Å². The second-order valence-corrected chi connectivity index (χ2v) is 13.7. The van der Waals surface area contributed by atoms with E-state index in [1.54, 1.807) is 50.2 Å². The third-order valence-electron chi connectivity index (χ3n) is 7.75. The van der Waals surface area contributed by atoms with Crippen molar-refractivity contribution in [2.45, 2.75) is 76.9 Å². The highest BCUT2D eigenvalue weighted by atomic mass is 35.5. The number of carbonyl (C=O) groups excluding carboxylic acids is 2. The van der Waals surface area contributed by atoms with Crippen LogP contribution in [0.5, 0.6) is 0 Å². The first kappa shape index (κ1) is 31.9. The van der Waals surface area contributed by atoms with E-state index in [9.17, 15) is 18.0 Å². The van der Waals surface area contributed by atoms with Gasteiger partial charge in [0.05, 0.1) is 10.6 Å². The molecule has 0 heterocycles. The summed E-state index contributed by atoms with van der Waals surface area (Å²) in [5, 5.41) is 3.86. The second kappa shape index (κ2) is 13.5. The van der Waals surface area contributed by atoms with Gasteiger partial charge in [-0.05, 0) is 87.6 Å². The van der Waals surface area contributed by atoms with Gasteiger partial charge in [0.25, 0.3) is 10.0 Å². The normalized spacial score (nSPS) is 14.4. The maximum Gasteiger partial charge on any atom is 0.264 e. The minimum absolute atomic E-state index is 0.000687. The minimum Gasteiger partial charge on any atom is -0.352 e. The Balaban J connectivity index is 1.73. The SMILES string of the molecule is Cc1ccc(S(=O)(=O)N(CC(=O)N(Cc2ccc(Cl)cc2Cl)[C@@H](C)C(=O)NC2CCCC2)c2cc(C)ccc2C)cc1. The molecule has 0 spiro atoms.